The van der Waals surface area contributed by atoms with Crippen molar-refractivity contribution in [2.24, 2.45) is 0 Å². The van der Waals surface area contributed by atoms with Crippen LogP contribution >= 0.6 is 0 Å². The monoisotopic (exact) mass is 429 g/mol. The minimum Gasteiger partial charge on any atom is -0.451 e. The van der Waals surface area contributed by atoms with Gasteiger partial charge < -0.3 is 13.3 Å². The van der Waals surface area contributed by atoms with Gasteiger partial charge in [-0.2, -0.15) is 8.78 Å². The Kier molecular flexibility index (Phi) is 6.84. The molecule has 0 N–H and O–H groups in total. The molecule has 0 aliphatic heterocycles. The molecule has 28 heavy (non-hydrogen) atoms. The highest BCUT2D eigenvalue weighted by atomic mass is 28.4. The van der Waals surface area contributed by atoms with Gasteiger partial charge in [-0.05, 0) is 12.1 Å². The van der Waals surface area contributed by atoms with Crippen LogP contribution in [0.1, 0.15) is 31.1 Å². The van der Waals surface area contributed by atoms with Crippen LogP contribution in [-0.2, 0) is 27.7 Å². The van der Waals surface area contributed by atoms with Crippen LogP contribution in [0.5, 0.6) is 0 Å². The van der Waals surface area contributed by atoms with Crippen molar-refractivity contribution in [1.82, 2.24) is 5.12 Å². The van der Waals surface area contributed by atoms with Crippen LogP contribution < -0.4 is 0 Å². The van der Waals surface area contributed by atoms with E-state index in [2.05, 4.69) is 13.3 Å². The number of halogens is 5. The normalized spacial score (nSPS) is 11.4. The number of carbonyl (C=O) groups excluding carboxylic acids is 4. The van der Waals surface area contributed by atoms with E-state index in [0.29, 0.717) is 32.9 Å². The Morgan fingerprint density at radius 2 is 1.36 bits per heavy atom. The average molecular weight is 429 g/mol. The Morgan fingerprint density at radius 1 is 0.929 bits per heavy atom. The Hall–Kier alpha value is -3.03. The van der Waals surface area contributed by atoms with Gasteiger partial charge in [0.1, 0.15) is 0 Å². The van der Waals surface area contributed by atoms with Gasteiger partial charge >= 0.3 is 14.5 Å². The molecular weight excluding hydrogens is 417 g/mol. The highest BCUT2D eigenvalue weighted by Gasteiger charge is 2.79. The summed E-state index contributed by atoms with van der Waals surface area (Å²) in [7, 11) is -6.27. The summed E-state index contributed by atoms with van der Waals surface area (Å²) in [6, 6.07) is 1.74. The third-order valence-electron chi connectivity index (χ3n) is 2.81. The first-order valence-electron chi connectivity index (χ1n) is 7.16. The molecule has 14 heteroatoms. The molecule has 0 aromatic heterocycles. The van der Waals surface area contributed by atoms with Gasteiger partial charge in [-0.25, -0.2) is 8.78 Å². The lowest BCUT2D eigenvalue weighted by Crippen LogP contribution is -2.68. The van der Waals surface area contributed by atoms with Crippen molar-refractivity contribution in [2.75, 3.05) is 0 Å². The quantitative estimate of drug-likeness (QED) is 0.295. The summed E-state index contributed by atoms with van der Waals surface area (Å²) in [5, 5.41) is -1.97. The summed E-state index contributed by atoms with van der Waals surface area (Å²) in [4.78, 5) is 45.5. The first kappa shape index (κ1) is 23.0. The van der Waals surface area contributed by atoms with Gasteiger partial charge in [0.2, 0.25) is 0 Å². The molecule has 0 atom stereocenters. The van der Waals surface area contributed by atoms with E-state index < -0.39 is 60.6 Å². The third kappa shape index (κ3) is 4.62. The standard InChI is InChI=1S/C14H12F5NO7Si/c1-7(21)25-28(26-8(2)22,27-9(3)23)14(17,18)20(19)13(24)10-5-4-6-11(15)12(10)16/h4-6H,1-3H3. The van der Waals surface area contributed by atoms with Crippen LogP contribution in [0.4, 0.5) is 22.0 Å². The number of nitrogens with zero attached hydrogens (tertiary/aromatic N) is 1. The predicted molar refractivity (Wildman–Crippen MR) is 79.6 cm³/mol. The molecule has 1 rings (SSSR count). The zero-order chi connectivity index (χ0) is 21.9. The lowest BCUT2D eigenvalue weighted by Gasteiger charge is -2.33. The van der Waals surface area contributed by atoms with Crippen LogP contribution in [0.15, 0.2) is 18.2 Å². The summed E-state index contributed by atoms with van der Waals surface area (Å²) >= 11 is 0. The molecule has 0 heterocycles. The van der Waals surface area contributed by atoms with E-state index in [9.17, 15) is 41.2 Å². The molecule has 0 unspecified atom stereocenters. The zero-order valence-corrected chi connectivity index (χ0v) is 15.4. The lowest BCUT2D eigenvalue weighted by atomic mass is 10.2. The van der Waals surface area contributed by atoms with Crippen LogP contribution in [0.3, 0.4) is 0 Å². The molecule has 1 aromatic rings. The SMILES string of the molecule is CC(=O)O[Si](OC(C)=O)(OC(C)=O)C(F)(F)N(F)C(=O)c1cccc(F)c1F. The number of rotatable bonds is 6. The third-order valence-corrected chi connectivity index (χ3v) is 5.41. The maximum absolute atomic E-state index is 14.7. The number of benzene rings is 1. The summed E-state index contributed by atoms with van der Waals surface area (Å²) in [6.45, 7) is 1.63. The Balaban J connectivity index is 3.53. The van der Waals surface area contributed by atoms with Gasteiger partial charge in [0.25, 0.3) is 23.8 Å². The second-order valence-corrected chi connectivity index (χ2v) is 7.39. The first-order valence-corrected chi connectivity index (χ1v) is 8.88. The van der Waals surface area contributed by atoms with E-state index in [4.69, 9.17) is 0 Å². The fourth-order valence-electron chi connectivity index (χ4n) is 1.84. The number of amides is 1. The van der Waals surface area contributed by atoms with Gasteiger partial charge in [0.05, 0.1) is 5.56 Å². The van der Waals surface area contributed by atoms with Crippen molar-refractivity contribution in [3.05, 3.63) is 35.4 Å². The molecule has 154 valence electrons. The van der Waals surface area contributed by atoms with Gasteiger partial charge in [-0.15, -0.1) is 0 Å². The molecule has 0 bridgehead atoms. The summed E-state index contributed by atoms with van der Waals surface area (Å²) in [5.41, 5.74) is -6.84. The molecule has 0 radical (unpaired) electrons. The van der Waals surface area contributed by atoms with Crippen LogP contribution in [0.2, 0.25) is 0 Å². The van der Waals surface area contributed by atoms with E-state index in [-0.39, 0.29) is 0 Å². The molecular formula is C14H12F5NO7Si. The summed E-state index contributed by atoms with van der Waals surface area (Å²) < 4.78 is 83.1. The van der Waals surface area contributed by atoms with Crippen molar-refractivity contribution in [3.63, 3.8) is 0 Å². The topological polar surface area (TPSA) is 99.2 Å². The molecule has 0 aliphatic carbocycles. The first-order chi connectivity index (χ1) is 12.7. The van der Waals surface area contributed by atoms with E-state index in [1.165, 1.54) is 0 Å². The largest absolute Gasteiger partial charge is 0.806 e. The second kappa shape index (κ2) is 8.33. The molecule has 0 fully saturated rings. The predicted octanol–water partition coefficient (Wildman–Crippen LogP) is 2.05. The summed E-state index contributed by atoms with van der Waals surface area (Å²) in [6.07, 6.45) is 0. The molecule has 8 nitrogen and oxygen atoms in total. The van der Waals surface area contributed by atoms with E-state index in [1.807, 2.05) is 0 Å². The van der Waals surface area contributed by atoms with Gasteiger partial charge in [-0.1, -0.05) is 15.7 Å². The maximum atomic E-state index is 14.7. The van der Waals surface area contributed by atoms with E-state index in [1.54, 1.807) is 0 Å². The van der Waals surface area contributed by atoms with Crippen molar-refractivity contribution in [2.45, 2.75) is 26.4 Å². The van der Waals surface area contributed by atoms with E-state index in [0.717, 1.165) is 6.07 Å². The molecule has 0 spiro atoms. The maximum Gasteiger partial charge on any atom is 0.806 e. The smallest absolute Gasteiger partial charge is 0.451 e. The lowest BCUT2D eigenvalue weighted by molar-refractivity contribution is -0.199. The Morgan fingerprint density at radius 3 is 1.75 bits per heavy atom. The van der Waals surface area contributed by atoms with Crippen LogP contribution in [0.25, 0.3) is 0 Å². The molecule has 0 aliphatic rings. The van der Waals surface area contributed by atoms with Crippen molar-refractivity contribution in [3.8, 4) is 0 Å². The van der Waals surface area contributed by atoms with Crippen molar-refractivity contribution in [1.29, 1.82) is 0 Å². The molecule has 0 saturated carbocycles. The minimum atomic E-state index is -6.27. The average Bonchev–Trinajstić information content (AvgIpc) is 2.53. The summed E-state index contributed by atoms with van der Waals surface area (Å²) in [5.74, 6) is -10.8. The zero-order valence-electron chi connectivity index (χ0n) is 14.4. The van der Waals surface area contributed by atoms with Crippen molar-refractivity contribution >= 4 is 32.6 Å². The highest BCUT2D eigenvalue weighted by Crippen LogP contribution is 2.36. The molecule has 1 amide bonds. The Labute approximate surface area is 155 Å². The van der Waals surface area contributed by atoms with Crippen LogP contribution in [-0.4, -0.2) is 43.4 Å². The molecule has 1 aromatic carbocycles. The minimum absolute atomic E-state index is 0.482. The fraction of sp³-hybridized carbons (Fsp3) is 0.286. The Bertz CT molecular complexity index is 778. The van der Waals surface area contributed by atoms with Gasteiger partial charge in [-0.3, -0.25) is 19.2 Å². The molecule has 0 saturated heterocycles. The van der Waals surface area contributed by atoms with Gasteiger partial charge in [0.15, 0.2) is 11.6 Å². The van der Waals surface area contributed by atoms with Crippen LogP contribution in [0, 0.1) is 11.6 Å². The van der Waals surface area contributed by atoms with E-state index >= 15 is 0 Å². The number of hydrogen-bond acceptors (Lipinski definition) is 7. The highest BCUT2D eigenvalue weighted by molar-refractivity contribution is 6.68. The van der Waals surface area contributed by atoms with Gasteiger partial charge in [0, 0.05) is 20.8 Å². The fourth-order valence-corrected chi connectivity index (χ4v) is 3.81. The number of carbonyl (C=O) groups is 4. The number of hydrogen-bond donors (Lipinski definition) is 0. The second-order valence-electron chi connectivity index (χ2n) is 5.07. The number of alkyl halides is 2. The van der Waals surface area contributed by atoms with Crippen molar-refractivity contribution < 1.29 is 54.5 Å².